The van der Waals surface area contributed by atoms with Gasteiger partial charge in [0.15, 0.2) is 11.5 Å². The Morgan fingerprint density at radius 2 is 1.61 bits per heavy atom. The first-order valence-corrected chi connectivity index (χ1v) is 6.33. The van der Waals surface area contributed by atoms with E-state index in [-0.39, 0.29) is 5.82 Å². The van der Waals surface area contributed by atoms with E-state index in [0.717, 1.165) is 38.6 Å². The Kier molecular flexibility index (Phi) is 6.50. The molecule has 0 aliphatic carbocycles. The molecule has 102 valence electrons. The number of ether oxygens (including phenoxy) is 2. The summed E-state index contributed by atoms with van der Waals surface area (Å²) in [4.78, 5) is 0. The lowest BCUT2D eigenvalue weighted by atomic mass is 10.0. The van der Waals surface area contributed by atoms with Gasteiger partial charge in [-0.3, -0.25) is 0 Å². The van der Waals surface area contributed by atoms with Crippen LogP contribution in [0.1, 0.15) is 31.2 Å². The molecule has 0 bridgehead atoms. The van der Waals surface area contributed by atoms with Crippen molar-refractivity contribution in [1.82, 2.24) is 0 Å². The normalized spacial score (nSPS) is 10.4. The van der Waals surface area contributed by atoms with Gasteiger partial charge in [-0.1, -0.05) is 12.8 Å². The number of aryl methyl sites for hydroxylation is 1. The van der Waals surface area contributed by atoms with Gasteiger partial charge < -0.3 is 15.2 Å². The highest BCUT2D eigenvalue weighted by Gasteiger charge is 2.10. The van der Waals surface area contributed by atoms with E-state index in [1.165, 1.54) is 13.2 Å². The van der Waals surface area contributed by atoms with Crippen molar-refractivity contribution in [2.45, 2.75) is 32.1 Å². The Balaban J connectivity index is 2.59. The molecule has 0 aliphatic heterocycles. The summed E-state index contributed by atoms with van der Waals surface area (Å²) in [5, 5.41) is 0. The van der Waals surface area contributed by atoms with Gasteiger partial charge in [-0.2, -0.15) is 0 Å². The second-order valence-corrected chi connectivity index (χ2v) is 4.25. The summed E-state index contributed by atoms with van der Waals surface area (Å²) in [6.45, 7) is 0.727. The molecule has 0 amide bonds. The van der Waals surface area contributed by atoms with Crippen molar-refractivity contribution in [2.75, 3.05) is 20.8 Å². The van der Waals surface area contributed by atoms with Crippen LogP contribution in [0.15, 0.2) is 12.1 Å². The minimum absolute atomic E-state index is 0.230. The van der Waals surface area contributed by atoms with E-state index in [4.69, 9.17) is 15.2 Å². The van der Waals surface area contributed by atoms with Crippen molar-refractivity contribution in [3.63, 3.8) is 0 Å². The summed E-state index contributed by atoms with van der Waals surface area (Å²) < 4.78 is 24.0. The number of hydrogen-bond donors (Lipinski definition) is 1. The van der Waals surface area contributed by atoms with Crippen molar-refractivity contribution in [2.24, 2.45) is 5.73 Å². The van der Waals surface area contributed by atoms with Gasteiger partial charge >= 0.3 is 0 Å². The van der Waals surface area contributed by atoms with Gasteiger partial charge in [0.05, 0.1) is 14.2 Å². The summed E-state index contributed by atoms with van der Waals surface area (Å²) in [6.07, 6.45) is 4.90. The number of halogens is 1. The first-order chi connectivity index (χ1) is 8.72. The van der Waals surface area contributed by atoms with Crippen LogP contribution in [-0.4, -0.2) is 20.8 Å². The van der Waals surface area contributed by atoms with E-state index in [1.54, 1.807) is 13.2 Å². The van der Waals surface area contributed by atoms with Gasteiger partial charge in [0.1, 0.15) is 5.82 Å². The Bertz CT molecular complexity index is 369. The fourth-order valence-electron chi connectivity index (χ4n) is 1.90. The number of methoxy groups -OCH3 is 2. The third kappa shape index (κ3) is 4.18. The Morgan fingerprint density at radius 1 is 1.00 bits per heavy atom. The smallest absolute Gasteiger partial charge is 0.163 e. The molecule has 0 heterocycles. The highest BCUT2D eigenvalue weighted by molar-refractivity contribution is 5.43. The van der Waals surface area contributed by atoms with E-state index in [2.05, 4.69) is 0 Å². The molecule has 1 rings (SSSR count). The molecule has 0 saturated carbocycles. The summed E-state index contributed by atoms with van der Waals surface area (Å²) in [5.74, 6) is 0.782. The summed E-state index contributed by atoms with van der Waals surface area (Å²) in [5.41, 5.74) is 6.11. The minimum Gasteiger partial charge on any atom is -0.493 e. The molecule has 0 atom stereocenters. The van der Waals surface area contributed by atoms with E-state index in [1.807, 2.05) is 0 Å². The molecule has 0 aliphatic rings. The largest absolute Gasteiger partial charge is 0.493 e. The Hall–Kier alpha value is -1.29. The standard InChI is InChI=1S/C14H22FNO2/c1-17-13-9-11(7-5-3-4-6-8-16)12(15)10-14(13)18-2/h9-10H,3-8,16H2,1-2H3. The lowest BCUT2D eigenvalue weighted by Crippen LogP contribution is -1.99. The van der Waals surface area contributed by atoms with Gasteiger partial charge in [-0.05, 0) is 37.4 Å². The first kappa shape index (κ1) is 14.8. The van der Waals surface area contributed by atoms with Crippen molar-refractivity contribution >= 4 is 0 Å². The van der Waals surface area contributed by atoms with Crippen LogP contribution < -0.4 is 15.2 Å². The molecule has 1 aromatic carbocycles. The summed E-state index contributed by atoms with van der Waals surface area (Å²) in [7, 11) is 3.06. The molecule has 0 radical (unpaired) electrons. The van der Waals surface area contributed by atoms with Gasteiger partial charge in [-0.25, -0.2) is 4.39 Å². The maximum atomic E-state index is 13.8. The highest BCUT2D eigenvalue weighted by Crippen LogP contribution is 2.30. The van der Waals surface area contributed by atoms with Crippen LogP contribution >= 0.6 is 0 Å². The second kappa shape index (κ2) is 7.93. The van der Waals surface area contributed by atoms with Crippen LogP contribution in [0.4, 0.5) is 4.39 Å². The van der Waals surface area contributed by atoms with Crippen LogP contribution in [0, 0.1) is 5.82 Å². The fourth-order valence-corrected chi connectivity index (χ4v) is 1.90. The highest BCUT2D eigenvalue weighted by atomic mass is 19.1. The van der Waals surface area contributed by atoms with Crippen LogP contribution in [0.5, 0.6) is 11.5 Å². The van der Waals surface area contributed by atoms with E-state index < -0.39 is 0 Å². The van der Waals surface area contributed by atoms with Gasteiger partial charge in [0.25, 0.3) is 0 Å². The maximum Gasteiger partial charge on any atom is 0.163 e. The first-order valence-electron chi connectivity index (χ1n) is 6.33. The molecule has 3 nitrogen and oxygen atoms in total. The Morgan fingerprint density at radius 3 is 2.22 bits per heavy atom. The van der Waals surface area contributed by atoms with E-state index in [0.29, 0.717) is 17.1 Å². The molecule has 2 N–H and O–H groups in total. The average Bonchev–Trinajstić information content (AvgIpc) is 2.39. The topological polar surface area (TPSA) is 44.5 Å². The zero-order chi connectivity index (χ0) is 13.4. The van der Waals surface area contributed by atoms with Crippen LogP contribution in [0.2, 0.25) is 0 Å². The predicted molar refractivity (Wildman–Crippen MR) is 70.7 cm³/mol. The summed E-state index contributed by atoms with van der Waals surface area (Å²) in [6, 6.07) is 3.10. The summed E-state index contributed by atoms with van der Waals surface area (Å²) >= 11 is 0. The molecule has 0 unspecified atom stereocenters. The molecule has 0 aromatic heterocycles. The van der Waals surface area contributed by atoms with E-state index >= 15 is 0 Å². The number of rotatable bonds is 8. The molecular weight excluding hydrogens is 233 g/mol. The van der Waals surface area contributed by atoms with Crippen LogP contribution in [0.25, 0.3) is 0 Å². The van der Waals surface area contributed by atoms with Gasteiger partial charge in [-0.15, -0.1) is 0 Å². The quantitative estimate of drug-likeness (QED) is 0.726. The maximum absolute atomic E-state index is 13.8. The molecule has 1 aromatic rings. The van der Waals surface area contributed by atoms with Crippen LogP contribution in [-0.2, 0) is 6.42 Å². The molecule has 0 saturated heterocycles. The predicted octanol–water partition coefficient (Wildman–Crippen LogP) is 2.90. The monoisotopic (exact) mass is 255 g/mol. The van der Waals surface area contributed by atoms with Crippen LogP contribution in [0.3, 0.4) is 0 Å². The minimum atomic E-state index is -0.230. The number of nitrogens with two attached hydrogens (primary N) is 1. The van der Waals surface area contributed by atoms with Crippen molar-refractivity contribution in [3.05, 3.63) is 23.5 Å². The molecule has 0 fully saturated rings. The van der Waals surface area contributed by atoms with Gasteiger partial charge in [0.2, 0.25) is 0 Å². The van der Waals surface area contributed by atoms with E-state index in [9.17, 15) is 4.39 Å². The second-order valence-electron chi connectivity index (χ2n) is 4.25. The number of benzene rings is 1. The van der Waals surface area contributed by atoms with Crippen molar-refractivity contribution in [1.29, 1.82) is 0 Å². The zero-order valence-corrected chi connectivity index (χ0v) is 11.2. The molecule has 18 heavy (non-hydrogen) atoms. The molecular formula is C14H22FNO2. The SMILES string of the molecule is COc1cc(F)c(CCCCCCN)cc1OC. The zero-order valence-electron chi connectivity index (χ0n) is 11.2. The third-order valence-electron chi connectivity index (χ3n) is 2.95. The Labute approximate surface area is 108 Å². The number of unbranched alkanes of at least 4 members (excludes halogenated alkanes) is 3. The molecule has 0 spiro atoms. The van der Waals surface area contributed by atoms with Crippen molar-refractivity contribution in [3.8, 4) is 11.5 Å². The lowest BCUT2D eigenvalue weighted by molar-refractivity contribution is 0.351. The van der Waals surface area contributed by atoms with Crippen molar-refractivity contribution < 1.29 is 13.9 Å². The third-order valence-corrected chi connectivity index (χ3v) is 2.95. The molecule has 4 heteroatoms. The van der Waals surface area contributed by atoms with Gasteiger partial charge in [0, 0.05) is 6.07 Å². The fraction of sp³-hybridized carbons (Fsp3) is 0.571. The average molecular weight is 255 g/mol. The lowest BCUT2D eigenvalue weighted by Gasteiger charge is -2.10. The number of hydrogen-bond acceptors (Lipinski definition) is 3.